The number of para-hydroxylation sites is 1. The summed E-state index contributed by atoms with van der Waals surface area (Å²) in [6.07, 6.45) is 0. The molecule has 4 nitrogen and oxygen atoms in total. The van der Waals surface area contributed by atoms with Crippen molar-refractivity contribution in [2.24, 2.45) is 11.7 Å². The van der Waals surface area contributed by atoms with Gasteiger partial charge in [-0.25, -0.2) is 0 Å². The number of nitrogens with one attached hydrogen (secondary N) is 1. The second kappa shape index (κ2) is 6.52. The number of amides is 1. The molecule has 3 N–H and O–H groups in total. The lowest BCUT2D eigenvalue weighted by molar-refractivity contribution is -0.118. The van der Waals surface area contributed by atoms with Gasteiger partial charge in [0.25, 0.3) is 0 Å². The summed E-state index contributed by atoms with van der Waals surface area (Å²) < 4.78 is 0. The quantitative estimate of drug-likeness (QED) is 0.834. The highest BCUT2D eigenvalue weighted by Crippen LogP contribution is 2.17. The van der Waals surface area contributed by atoms with Crippen molar-refractivity contribution in [2.45, 2.75) is 26.4 Å². The summed E-state index contributed by atoms with van der Waals surface area (Å²) in [5, 5.41) is 2.91. The maximum atomic E-state index is 11.9. The van der Waals surface area contributed by atoms with Gasteiger partial charge in [0.2, 0.25) is 5.91 Å². The Morgan fingerprint density at radius 3 is 2.50 bits per heavy atom. The molecule has 100 valence electrons. The van der Waals surface area contributed by atoms with Crippen LogP contribution in [0, 0.1) is 5.92 Å². The van der Waals surface area contributed by atoms with Crippen LogP contribution in [0.3, 0.4) is 0 Å². The first kappa shape index (κ1) is 14.7. The van der Waals surface area contributed by atoms with Gasteiger partial charge in [0, 0.05) is 12.2 Å². The van der Waals surface area contributed by atoms with Crippen LogP contribution in [0.5, 0.6) is 0 Å². The van der Waals surface area contributed by atoms with E-state index in [0.717, 1.165) is 17.8 Å². The van der Waals surface area contributed by atoms with Gasteiger partial charge in [-0.3, -0.25) is 4.79 Å². The van der Waals surface area contributed by atoms with Crippen molar-refractivity contribution in [3.05, 3.63) is 29.8 Å². The lowest BCUT2D eigenvalue weighted by Crippen LogP contribution is -2.40. The van der Waals surface area contributed by atoms with Crippen molar-refractivity contribution >= 4 is 11.6 Å². The molecule has 1 aromatic rings. The molecule has 0 radical (unpaired) electrons. The normalized spacial score (nSPS) is 12.8. The summed E-state index contributed by atoms with van der Waals surface area (Å²) in [4.78, 5) is 14.0. The van der Waals surface area contributed by atoms with E-state index in [1.54, 1.807) is 0 Å². The van der Waals surface area contributed by atoms with Crippen molar-refractivity contribution in [3.63, 3.8) is 0 Å². The number of carbonyl (C=O) groups excluding carboxylic acids is 1. The highest BCUT2D eigenvalue weighted by Gasteiger charge is 2.18. The fourth-order valence-electron chi connectivity index (χ4n) is 1.64. The van der Waals surface area contributed by atoms with Crippen LogP contribution in [-0.2, 0) is 11.3 Å². The first-order valence-corrected chi connectivity index (χ1v) is 6.21. The van der Waals surface area contributed by atoms with Crippen LogP contribution in [-0.4, -0.2) is 30.9 Å². The third-order valence-electron chi connectivity index (χ3n) is 2.78. The van der Waals surface area contributed by atoms with Gasteiger partial charge in [-0.2, -0.15) is 0 Å². The highest BCUT2D eigenvalue weighted by molar-refractivity contribution is 5.95. The molecule has 0 aliphatic rings. The zero-order valence-electron chi connectivity index (χ0n) is 11.6. The highest BCUT2D eigenvalue weighted by atomic mass is 16.2. The van der Waals surface area contributed by atoms with Gasteiger partial charge in [-0.1, -0.05) is 32.0 Å². The molecule has 1 atom stereocenters. The molecule has 0 bridgehead atoms. The Labute approximate surface area is 109 Å². The molecule has 0 aliphatic carbocycles. The topological polar surface area (TPSA) is 58.4 Å². The number of carbonyl (C=O) groups is 1. The van der Waals surface area contributed by atoms with Gasteiger partial charge in [-0.15, -0.1) is 0 Å². The fraction of sp³-hybridized carbons (Fsp3) is 0.500. The third-order valence-corrected chi connectivity index (χ3v) is 2.78. The first-order valence-electron chi connectivity index (χ1n) is 6.21. The summed E-state index contributed by atoms with van der Waals surface area (Å²) >= 11 is 0. The van der Waals surface area contributed by atoms with Crippen molar-refractivity contribution in [2.75, 3.05) is 19.4 Å². The van der Waals surface area contributed by atoms with Gasteiger partial charge in [-0.05, 0) is 31.6 Å². The van der Waals surface area contributed by atoms with Crippen molar-refractivity contribution in [3.8, 4) is 0 Å². The predicted octanol–water partition coefficient (Wildman–Crippen LogP) is 1.67. The van der Waals surface area contributed by atoms with Gasteiger partial charge in [0.05, 0.1) is 6.04 Å². The van der Waals surface area contributed by atoms with E-state index < -0.39 is 6.04 Å². The van der Waals surface area contributed by atoms with Gasteiger partial charge < -0.3 is 16.0 Å². The zero-order valence-corrected chi connectivity index (χ0v) is 11.6. The monoisotopic (exact) mass is 249 g/mol. The van der Waals surface area contributed by atoms with Crippen molar-refractivity contribution < 1.29 is 4.79 Å². The molecule has 0 saturated carbocycles. The van der Waals surface area contributed by atoms with E-state index in [0.29, 0.717) is 0 Å². The Kier molecular flexibility index (Phi) is 5.31. The molecule has 18 heavy (non-hydrogen) atoms. The molecule has 1 unspecified atom stereocenters. The van der Waals surface area contributed by atoms with E-state index in [9.17, 15) is 4.79 Å². The number of rotatable bonds is 5. The SMILES string of the molecule is CC(C)C(N)C(=O)Nc1ccccc1CN(C)C. The first-order chi connectivity index (χ1) is 8.41. The van der Waals surface area contributed by atoms with Crippen LogP contribution < -0.4 is 11.1 Å². The van der Waals surface area contributed by atoms with E-state index >= 15 is 0 Å². The van der Waals surface area contributed by atoms with Crippen LogP contribution in [0.1, 0.15) is 19.4 Å². The molecule has 1 amide bonds. The lowest BCUT2D eigenvalue weighted by atomic mass is 10.0. The molecule has 1 aromatic carbocycles. The zero-order chi connectivity index (χ0) is 13.7. The summed E-state index contributed by atoms with van der Waals surface area (Å²) in [5.74, 6) is 0.00205. The minimum atomic E-state index is -0.475. The van der Waals surface area contributed by atoms with Gasteiger partial charge in [0.15, 0.2) is 0 Å². The standard InChI is InChI=1S/C14H23N3O/c1-10(2)13(15)14(18)16-12-8-6-5-7-11(12)9-17(3)4/h5-8,10,13H,9,15H2,1-4H3,(H,16,18). The largest absolute Gasteiger partial charge is 0.324 e. The number of nitrogens with two attached hydrogens (primary N) is 1. The molecular weight excluding hydrogens is 226 g/mol. The third kappa shape index (κ3) is 4.13. The second-order valence-corrected chi connectivity index (χ2v) is 5.15. The molecule has 0 heterocycles. The molecular formula is C14H23N3O. The average Bonchev–Trinajstić information content (AvgIpc) is 2.29. The Morgan fingerprint density at radius 1 is 1.33 bits per heavy atom. The second-order valence-electron chi connectivity index (χ2n) is 5.15. The van der Waals surface area contributed by atoms with Crippen LogP contribution in [0.15, 0.2) is 24.3 Å². The number of hydrogen-bond acceptors (Lipinski definition) is 3. The lowest BCUT2D eigenvalue weighted by Gasteiger charge is -2.18. The molecule has 4 heteroatoms. The number of hydrogen-bond donors (Lipinski definition) is 2. The van der Waals surface area contributed by atoms with Crippen LogP contribution >= 0.6 is 0 Å². The van der Waals surface area contributed by atoms with E-state index in [2.05, 4.69) is 10.2 Å². The Morgan fingerprint density at radius 2 is 1.94 bits per heavy atom. The Bertz CT molecular complexity index is 402. The summed E-state index contributed by atoms with van der Waals surface area (Å²) in [5.41, 5.74) is 7.77. The Balaban J connectivity index is 2.81. The van der Waals surface area contributed by atoms with Crippen molar-refractivity contribution in [1.29, 1.82) is 0 Å². The molecule has 0 saturated heterocycles. The number of benzene rings is 1. The molecule has 0 aliphatic heterocycles. The van der Waals surface area contributed by atoms with Crippen LogP contribution in [0.25, 0.3) is 0 Å². The summed E-state index contributed by atoms with van der Waals surface area (Å²) in [6.45, 7) is 4.67. The van der Waals surface area contributed by atoms with Gasteiger partial charge in [0.1, 0.15) is 0 Å². The summed E-state index contributed by atoms with van der Waals surface area (Å²) in [6, 6.07) is 7.32. The van der Waals surface area contributed by atoms with Crippen LogP contribution in [0.4, 0.5) is 5.69 Å². The van der Waals surface area contributed by atoms with E-state index in [-0.39, 0.29) is 11.8 Å². The minimum Gasteiger partial charge on any atom is -0.324 e. The minimum absolute atomic E-state index is 0.129. The smallest absolute Gasteiger partial charge is 0.241 e. The van der Waals surface area contributed by atoms with E-state index in [1.165, 1.54) is 0 Å². The maximum absolute atomic E-state index is 11.9. The molecule has 0 aromatic heterocycles. The fourth-order valence-corrected chi connectivity index (χ4v) is 1.64. The maximum Gasteiger partial charge on any atom is 0.241 e. The molecule has 1 rings (SSSR count). The Hall–Kier alpha value is -1.39. The molecule has 0 fully saturated rings. The number of anilines is 1. The van der Waals surface area contributed by atoms with Crippen molar-refractivity contribution in [1.82, 2.24) is 4.90 Å². The predicted molar refractivity (Wildman–Crippen MR) is 75.3 cm³/mol. The summed E-state index contributed by atoms with van der Waals surface area (Å²) in [7, 11) is 4.00. The average molecular weight is 249 g/mol. The van der Waals surface area contributed by atoms with E-state index in [1.807, 2.05) is 52.2 Å². The number of nitrogens with zero attached hydrogens (tertiary/aromatic N) is 1. The van der Waals surface area contributed by atoms with E-state index in [4.69, 9.17) is 5.73 Å². The molecule has 0 spiro atoms. The van der Waals surface area contributed by atoms with Crippen LogP contribution in [0.2, 0.25) is 0 Å². The van der Waals surface area contributed by atoms with Gasteiger partial charge >= 0.3 is 0 Å².